The Morgan fingerprint density at radius 2 is 1.60 bits per heavy atom. The number of hydrogen-bond donors (Lipinski definition) is 2. The molecule has 25 heavy (non-hydrogen) atoms. The van der Waals surface area contributed by atoms with Gasteiger partial charge in [-0.15, -0.1) is 0 Å². The molecule has 0 aliphatic heterocycles. The molecule has 0 aliphatic carbocycles. The smallest absolute Gasteiger partial charge is 0.335 e. The maximum absolute atomic E-state index is 12.7. The van der Waals surface area contributed by atoms with Gasteiger partial charge in [0.05, 0.1) is 16.2 Å². The number of nitrogens with zero attached hydrogens (tertiary/aromatic N) is 1. The summed E-state index contributed by atoms with van der Waals surface area (Å²) in [5, 5.41) is 18.1. The van der Waals surface area contributed by atoms with Gasteiger partial charge in [0, 0.05) is 25.3 Å². The van der Waals surface area contributed by atoms with E-state index < -0.39 is 15.8 Å². The van der Waals surface area contributed by atoms with Crippen LogP contribution in [0, 0.1) is 0 Å². The van der Waals surface area contributed by atoms with Gasteiger partial charge in [0.15, 0.2) is 9.84 Å². The summed E-state index contributed by atoms with van der Waals surface area (Å²) in [7, 11) is -3.78. The first kappa shape index (κ1) is 21.1. The quantitative estimate of drug-likeness (QED) is 0.649. The van der Waals surface area contributed by atoms with Crippen molar-refractivity contribution in [2.75, 3.05) is 25.4 Å². The number of amides is 1. The average Bonchev–Trinajstić information content (AvgIpc) is 2.58. The lowest BCUT2D eigenvalue weighted by atomic mass is 10.1. The number of carbonyl (C=O) groups is 2. The van der Waals surface area contributed by atoms with Gasteiger partial charge in [-0.2, -0.15) is 0 Å². The number of sulfone groups is 1. The summed E-state index contributed by atoms with van der Waals surface area (Å²) < 4.78 is 24.7. The van der Waals surface area contributed by atoms with Crippen LogP contribution in [0.3, 0.4) is 0 Å². The lowest BCUT2D eigenvalue weighted by Crippen LogP contribution is -2.32. The summed E-state index contributed by atoms with van der Waals surface area (Å²) in [5.74, 6) is -2.00. The van der Waals surface area contributed by atoms with Crippen molar-refractivity contribution in [3.63, 3.8) is 0 Å². The van der Waals surface area contributed by atoms with Crippen LogP contribution in [0.5, 0.6) is 0 Å². The van der Waals surface area contributed by atoms with Crippen LogP contribution >= 0.6 is 0 Å². The van der Waals surface area contributed by atoms with Crippen molar-refractivity contribution in [3.8, 4) is 0 Å². The van der Waals surface area contributed by atoms with Crippen molar-refractivity contribution < 1.29 is 28.2 Å². The van der Waals surface area contributed by atoms with Crippen molar-refractivity contribution in [2.45, 2.75) is 38.0 Å². The molecule has 1 aromatic carbocycles. The van der Waals surface area contributed by atoms with Gasteiger partial charge in [-0.1, -0.05) is 13.8 Å². The van der Waals surface area contributed by atoms with Crippen LogP contribution in [-0.4, -0.2) is 60.9 Å². The normalized spacial score (nSPS) is 11.3. The third-order valence-corrected chi connectivity index (χ3v) is 5.39. The fourth-order valence-corrected chi connectivity index (χ4v) is 3.79. The molecule has 8 heteroatoms. The lowest BCUT2D eigenvalue weighted by molar-refractivity contribution is 0.0696. The molecule has 0 unspecified atom stereocenters. The van der Waals surface area contributed by atoms with Crippen LogP contribution < -0.4 is 0 Å². The minimum Gasteiger partial charge on any atom is -0.478 e. The first-order chi connectivity index (χ1) is 11.8. The van der Waals surface area contributed by atoms with Crippen molar-refractivity contribution in [1.29, 1.82) is 0 Å². The third-order valence-electron chi connectivity index (χ3n) is 3.60. The molecular formula is C17H25NO6S. The fourth-order valence-electron chi connectivity index (χ4n) is 2.44. The van der Waals surface area contributed by atoms with Gasteiger partial charge in [0.1, 0.15) is 0 Å². The Morgan fingerprint density at radius 3 is 2.08 bits per heavy atom. The topological polar surface area (TPSA) is 112 Å². The Morgan fingerprint density at radius 1 is 1.04 bits per heavy atom. The van der Waals surface area contributed by atoms with Gasteiger partial charge in [0.2, 0.25) is 0 Å². The zero-order valence-electron chi connectivity index (χ0n) is 14.6. The molecule has 2 N–H and O–H groups in total. The van der Waals surface area contributed by atoms with Crippen LogP contribution in [0.1, 0.15) is 53.8 Å². The Bertz CT molecular complexity index is 708. The van der Waals surface area contributed by atoms with E-state index in [2.05, 4.69) is 0 Å². The summed E-state index contributed by atoms with van der Waals surface area (Å²) in [6.07, 6.45) is 1.53. The van der Waals surface area contributed by atoms with E-state index in [1.54, 1.807) is 4.90 Å². The molecule has 0 aromatic heterocycles. The van der Waals surface area contributed by atoms with Gasteiger partial charge in [-0.3, -0.25) is 4.79 Å². The van der Waals surface area contributed by atoms with Crippen LogP contribution in [0.15, 0.2) is 23.1 Å². The second kappa shape index (κ2) is 9.53. The molecule has 0 aliphatic rings. The van der Waals surface area contributed by atoms with Crippen molar-refractivity contribution >= 4 is 21.7 Å². The highest BCUT2D eigenvalue weighted by atomic mass is 32.2. The van der Waals surface area contributed by atoms with Crippen LogP contribution in [0.4, 0.5) is 0 Å². The largest absolute Gasteiger partial charge is 0.478 e. The van der Waals surface area contributed by atoms with E-state index in [-0.39, 0.29) is 40.7 Å². The van der Waals surface area contributed by atoms with Gasteiger partial charge in [-0.05, 0) is 37.5 Å². The lowest BCUT2D eigenvalue weighted by Gasteiger charge is -2.22. The number of carbonyl (C=O) groups excluding carboxylic acids is 1. The predicted octanol–water partition coefficient (Wildman–Crippen LogP) is 1.80. The van der Waals surface area contributed by atoms with E-state index in [0.29, 0.717) is 13.1 Å². The highest BCUT2D eigenvalue weighted by Gasteiger charge is 2.22. The van der Waals surface area contributed by atoms with Crippen molar-refractivity contribution in [1.82, 2.24) is 4.90 Å². The summed E-state index contributed by atoms with van der Waals surface area (Å²) in [6.45, 7) is 4.58. The Kier molecular flexibility index (Phi) is 8.05. The number of aliphatic hydroxyl groups excluding tert-OH is 1. The number of aliphatic hydroxyl groups is 1. The molecular weight excluding hydrogens is 346 g/mol. The molecule has 0 radical (unpaired) electrons. The van der Waals surface area contributed by atoms with Gasteiger partial charge >= 0.3 is 5.97 Å². The number of rotatable bonds is 10. The summed E-state index contributed by atoms with van der Waals surface area (Å²) >= 11 is 0. The average molecular weight is 371 g/mol. The highest BCUT2D eigenvalue weighted by Crippen LogP contribution is 2.19. The SMILES string of the molecule is CCCN(CCC)C(=O)c1cc(C(=O)O)cc(S(=O)(=O)CCCO)c1. The van der Waals surface area contributed by atoms with Gasteiger partial charge in [0.25, 0.3) is 5.91 Å². The van der Waals surface area contributed by atoms with E-state index in [1.165, 1.54) is 12.1 Å². The zero-order chi connectivity index (χ0) is 19.0. The van der Waals surface area contributed by atoms with E-state index >= 15 is 0 Å². The molecule has 0 spiro atoms. The Hall–Kier alpha value is -1.93. The molecule has 0 bridgehead atoms. The first-order valence-electron chi connectivity index (χ1n) is 8.28. The van der Waals surface area contributed by atoms with E-state index in [0.717, 1.165) is 18.9 Å². The molecule has 1 amide bonds. The van der Waals surface area contributed by atoms with Crippen LogP contribution in [0.2, 0.25) is 0 Å². The van der Waals surface area contributed by atoms with E-state index in [1.807, 2.05) is 13.8 Å². The molecule has 7 nitrogen and oxygen atoms in total. The van der Waals surface area contributed by atoms with Crippen LogP contribution in [0.25, 0.3) is 0 Å². The fraction of sp³-hybridized carbons (Fsp3) is 0.529. The molecule has 0 atom stereocenters. The first-order valence-corrected chi connectivity index (χ1v) is 9.93. The molecule has 0 heterocycles. The van der Waals surface area contributed by atoms with E-state index in [9.17, 15) is 23.1 Å². The molecule has 0 saturated carbocycles. The molecule has 0 saturated heterocycles. The van der Waals surface area contributed by atoms with Crippen LogP contribution in [-0.2, 0) is 9.84 Å². The van der Waals surface area contributed by atoms with Gasteiger partial charge in [-0.25, -0.2) is 13.2 Å². The summed E-state index contributed by atoms with van der Waals surface area (Å²) in [6, 6.07) is 3.48. The third kappa shape index (κ3) is 5.82. The number of carboxylic acid groups (broad SMARTS) is 1. The number of aromatic carboxylic acids is 1. The molecule has 1 rings (SSSR count). The maximum Gasteiger partial charge on any atom is 0.335 e. The molecule has 0 fully saturated rings. The number of carboxylic acids is 1. The van der Waals surface area contributed by atoms with Crippen molar-refractivity contribution in [3.05, 3.63) is 29.3 Å². The minimum atomic E-state index is -3.78. The Balaban J connectivity index is 3.36. The summed E-state index contributed by atoms with van der Waals surface area (Å²) in [5.41, 5.74) is -0.203. The summed E-state index contributed by atoms with van der Waals surface area (Å²) in [4.78, 5) is 25.4. The number of hydrogen-bond acceptors (Lipinski definition) is 5. The standard InChI is InChI=1S/C17H25NO6S/c1-3-6-18(7-4-2)16(20)13-10-14(17(21)22)12-15(11-13)25(23,24)9-5-8-19/h10-12,19H,3-9H2,1-2H3,(H,21,22). The second-order valence-corrected chi connectivity index (χ2v) is 7.85. The van der Waals surface area contributed by atoms with E-state index in [4.69, 9.17) is 5.11 Å². The van der Waals surface area contributed by atoms with Crippen molar-refractivity contribution in [2.24, 2.45) is 0 Å². The van der Waals surface area contributed by atoms with Gasteiger partial charge < -0.3 is 15.1 Å². The highest BCUT2D eigenvalue weighted by molar-refractivity contribution is 7.91. The predicted molar refractivity (Wildman–Crippen MR) is 93.6 cm³/mol. The Labute approximate surface area is 148 Å². The molecule has 140 valence electrons. The molecule has 1 aromatic rings. The maximum atomic E-state index is 12.7. The second-order valence-electron chi connectivity index (χ2n) is 5.74. The number of benzene rings is 1. The monoisotopic (exact) mass is 371 g/mol. The minimum absolute atomic E-state index is 0.0424. The zero-order valence-corrected chi connectivity index (χ0v) is 15.4.